The summed E-state index contributed by atoms with van der Waals surface area (Å²) in [6, 6.07) is 10.8. The molecular formula is C21H29N5. The van der Waals surface area contributed by atoms with Gasteiger partial charge >= 0.3 is 0 Å². The summed E-state index contributed by atoms with van der Waals surface area (Å²) in [6.45, 7) is 10.5. The van der Waals surface area contributed by atoms with Gasteiger partial charge in [-0.15, -0.1) is 0 Å². The number of nitrogens with zero attached hydrogens (tertiary/aromatic N) is 2. The lowest BCUT2D eigenvalue weighted by Crippen LogP contribution is -2.48. The van der Waals surface area contributed by atoms with E-state index in [-0.39, 0.29) is 17.6 Å². The second-order valence-electron chi connectivity index (χ2n) is 8.01. The van der Waals surface area contributed by atoms with Gasteiger partial charge in [-0.3, -0.25) is 0 Å². The van der Waals surface area contributed by atoms with E-state index >= 15 is 0 Å². The molecule has 3 rings (SSSR count). The van der Waals surface area contributed by atoms with Crippen molar-refractivity contribution in [1.29, 1.82) is 0 Å². The Balaban J connectivity index is 1.73. The monoisotopic (exact) mass is 351 g/mol. The molecule has 0 amide bonds. The zero-order valence-corrected chi connectivity index (χ0v) is 15.9. The van der Waals surface area contributed by atoms with Gasteiger partial charge in [0.25, 0.3) is 0 Å². The van der Waals surface area contributed by atoms with Gasteiger partial charge in [-0.2, -0.15) is 0 Å². The second kappa shape index (κ2) is 7.46. The second-order valence-corrected chi connectivity index (χ2v) is 8.01. The molecule has 5 nitrogen and oxygen atoms in total. The van der Waals surface area contributed by atoms with Crippen molar-refractivity contribution in [2.75, 3.05) is 5.32 Å². The molecule has 2 atom stereocenters. The molecule has 0 bridgehead atoms. The molecule has 0 radical (unpaired) electrons. The van der Waals surface area contributed by atoms with Crippen LogP contribution in [-0.4, -0.2) is 27.6 Å². The van der Waals surface area contributed by atoms with E-state index in [1.165, 1.54) is 5.56 Å². The Hall–Kier alpha value is -2.40. The van der Waals surface area contributed by atoms with Crippen LogP contribution in [0.15, 0.2) is 48.8 Å². The van der Waals surface area contributed by atoms with Crippen molar-refractivity contribution in [3.05, 3.63) is 54.4 Å². The van der Waals surface area contributed by atoms with Crippen molar-refractivity contribution in [2.24, 2.45) is 5.73 Å². The molecule has 2 aromatic rings. The van der Waals surface area contributed by atoms with Crippen LogP contribution >= 0.6 is 0 Å². The first-order valence-corrected chi connectivity index (χ1v) is 9.21. The number of rotatable bonds is 5. The van der Waals surface area contributed by atoms with Crippen LogP contribution in [0.5, 0.6) is 0 Å². The highest BCUT2D eigenvalue weighted by molar-refractivity contribution is 5.60. The summed E-state index contributed by atoms with van der Waals surface area (Å²) in [5.74, 6) is 0.664. The first-order valence-electron chi connectivity index (χ1n) is 9.21. The minimum absolute atomic E-state index is 0.0283. The maximum Gasteiger partial charge on any atom is 0.223 e. The molecule has 0 spiro atoms. The molecule has 5 heteroatoms. The highest BCUT2D eigenvalue weighted by Crippen LogP contribution is 2.26. The molecule has 0 saturated carbocycles. The van der Waals surface area contributed by atoms with Crippen LogP contribution in [0.2, 0.25) is 0 Å². The lowest BCUT2D eigenvalue weighted by atomic mass is 9.88. The normalized spacial score (nSPS) is 20.3. The van der Waals surface area contributed by atoms with Gasteiger partial charge in [0.15, 0.2) is 0 Å². The fraction of sp³-hybridized carbons (Fsp3) is 0.429. The average molecular weight is 351 g/mol. The first-order chi connectivity index (χ1) is 12.3. The molecule has 1 aromatic heterocycles. The van der Waals surface area contributed by atoms with E-state index in [1.54, 1.807) is 0 Å². The largest absolute Gasteiger partial charge is 0.384 e. The Kier molecular flexibility index (Phi) is 5.28. The summed E-state index contributed by atoms with van der Waals surface area (Å²) >= 11 is 0. The van der Waals surface area contributed by atoms with E-state index in [0.717, 1.165) is 36.2 Å². The van der Waals surface area contributed by atoms with Crippen molar-refractivity contribution in [2.45, 2.75) is 57.7 Å². The standard InChI is InChI=1S/C21H29N5/c1-14(22)11-16-5-7-17(8-6-16)19-9-10-23-20(25-19)24-18-12-15(2)26-21(3,4)13-18/h5-10,14,18,26H,2,11-13,22H2,1,3-4H3,(H,23,24,25). The molecule has 138 valence electrons. The summed E-state index contributed by atoms with van der Waals surface area (Å²) in [5, 5.41) is 6.92. The zero-order chi connectivity index (χ0) is 18.7. The van der Waals surface area contributed by atoms with Gasteiger partial charge < -0.3 is 16.4 Å². The van der Waals surface area contributed by atoms with Crippen LogP contribution in [-0.2, 0) is 6.42 Å². The average Bonchev–Trinajstić information content (AvgIpc) is 2.53. The van der Waals surface area contributed by atoms with Crippen molar-refractivity contribution in [3.63, 3.8) is 0 Å². The predicted octanol–water partition coefficient (Wildman–Crippen LogP) is 3.49. The maximum atomic E-state index is 5.87. The number of piperidine rings is 1. The third kappa shape index (κ3) is 4.82. The van der Waals surface area contributed by atoms with Gasteiger partial charge in [0.2, 0.25) is 5.95 Å². The zero-order valence-electron chi connectivity index (χ0n) is 15.9. The van der Waals surface area contributed by atoms with Crippen molar-refractivity contribution in [1.82, 2.24) is 15.3 Å². The van der Waals surface area contributed by atoms with Crippen molar-refractivity contribution < 1.29 is 0 Å². The SMILES string of the molecule is C=C1CC(Nc2nccc(-c3ccc(CC(C)N)cc3)n2)CC(C)(C)N1. The summed E-state index contributed by atoms with van der Waals surface area (Å²) in [4.78, 5) is 9.10. The summed E-state index contributed by atoms with van der Waals surface area (Å²) in [6.07, 6.45) is 4.56. The first kappa shape index (κ1) is 18.4. The Bertz CT molecular complexity index is 764. The Morgan fingerprint density at radius 1 is 1.31 bits per heavy atom. The van der Waals surface area contributed by atoms with Gasteiger partial charge in [-0.25, -0.2) is 9.97 Å². The van der Waals surface area contributed by atoms with Crippen LogP contribution < -0.4 is 16.4 Å². The number of nitrogens with two attached hydrogens (primary N) is 1. The fourth-order valence-corrected chi connectivity index (χ4v) is 3.62. The van der Waals surface area contributed by atoms with Crippen LogP contribution in [0.25, 0.3) is 11.3 Å². The molecule has 0 aliphatic carbocycles. The number of benzene rings is 1. The van der Waals surface area contributed by atoms with Crippen LogP contribution in [0.3, 0.4) is 0 Å². The number of hydrogen-bond donors (Lipinski definition) is 3. The smallest absolute Gasteiger partial charge is 0.223 e. The van der Waals surface area contributed by atoms with Crippen LogP contribution in [0.1, 0.15) is 39.2 Å². The van der Waals surface area contributed by atoms with E-state index < -0.39 is 0 Å². The van der Waals surface area contributed by atoms with Crippen molar-refractivity contribution >= 4 is 5.95 Å². The Labute approximate surface area is 156 Å². The van der Waals surface area contributed by atoms with Gasteiger partial charge in [0, 0.05) is 41.5 Å². The number of nitrogens with one attached hydrogen (secondary N) is 2. The lowest BCUT2D eigenvalue weighted by Gasteiger charge is -2.38. The van der Waals surface area contributed by atoms with Gasteiger partial charge in [-0.05, 0) is 45.2 Å². The molecule has 26 heavy (non-hydrogen) atoms. The van der Waals surface area contributed by atoms with Gasteiger partial charge in [-0.1, -0.05) is 30.8 Å². The molecule has 2 unspecified atom stereocenters. The molecule has 2 heterocycles. The molecule has 1 fully saturated rings. The number of hydrogen-bond acceptors (Lipinski definition) is 5. The van der Waals surface area contributed by atoms with Gasteiger partial charge in [0.05, 0.1) is 5.69 Å². The maximum absolute atomic E-state index is 5.87. The number of aromatic nitrogens is 2. The third-order valence-corrected chi connectivity index (χ3v) is 4.56. The van der Waals surface area contributed by atoms with E-state index in [0.29, 0.717) is 5.95 Å². The molecule has 4 N–H and O–H groups in total. The molecule has 1 aromatic carbocycles. The molecule has 1 aliphatic rings. The lowest BCUT2D eigenvalue weighted by molar-refractivity contribution is 0.324. The fourth-order valence-electron chi connectivity index (χ4n) is 3.62. The minimum Gasteiger partial charge on any atom is -0.384 e. The van der Waals surface area contributed by atoms with E-state index in [1.807, 2.05) is 19.2 Å². The van der Waals surface area contributed by atoms with E-state index in [4.69, 9.17) is 10.7 Å². The van der Waals surface area contributed by atoms with Crippen molar-refractivity contribution in [3.8, 4) is 11.3 Å². The van der Waals surface area contributed by atoms with Gasteiger partial charge in [0.1, 0.15) is 0 Å². The topological polar surface area (TPSA) is 75.9 Å². The Morgan fingerprint density at radius 3 is 2.69 bits per heavy atom. The minimum atomic E-state index is 0.0283. The van der Waals surface area contributed by atoms with E-state index in [9.17, 15) is 0 Å². The molecule has 1 saturated heterocycles. The summed E-state index contributed by atoms with van der Waals surface area (Å²) in [5.41, 5.74) is 10.2. The summed E-state index contributed by atoms with van der Waals surface area (Å²) < 4.78 is 0. The van der Waals surface area contributed by atoms with E-state index in [2.05, 4.69) is 60.3 Å². The van der Waals surface area contributed by atoms with Crippen LogP contribution in [0.4, 0.5) is 5.95 Å². The Morgan fingerprint density at radius 2 is 2.04 bits per heavy atom. The highest BCUT2D eigenvalue weighted by Gasteiger charge is 2.29. The third-order valence-electron chi connectivity index (χ3n) is 4.56. The summed E-state index contributed by atoms with van der Waals surface area (Å²) in [7, 11) is 0. The van der Waals surface area contributed by atoms with Crippen LogP contribution in [0, 0.1) is 0 Å². The quantitative estimate of drug-likeness (QED) is 0.769. The predicted molar refractivity (Wildman–Crippen MR) is 108 cm³/mol. The number of anilines is 1. The molecule has 1 aliphatic heterocycles. The molecular weight excluding hydrogens is 322 g/mol. The highest BCUT2D eigenvalue weighted by atomic mass is 15.1.